The summed E-state index contributed by atoms with van der Waals surface area (Å²) < 4.78 is 7.85. The van der Waals surface area contributed by atoms with E-state index in [9.17, 15) is 0 Å². The van der Waals surface area contributed by atoms with Gasteiger partial charge in [0.1, 0.15) is 5.75 Å². The lowest BCUT2D eigenvalue weighted by atomic mass is 10.1. The van der Waals surface area contributed by atoms with Crippen LogP contribution in [0.3, 0.4) is 0 Å². The van der Waals surface area contributed by atoms with Crippen LogP contribution in [0.15, 0.2) is 21.1 Å². The minimum absolute atomic E-state index is 0.682. The Morgan fingerprint density at radius 2 is 2.14 bits per heavy atom. The molecule has 0 aliphatic carbocycles. The van der Waals surface area contributed by atoms with Crippen LogP contribution in [0.2, 0.25) is 0 Å². The number of halogens is 2. The maximum Gasteiger partial charge on any atom is 0.138 e. The lowest BCUT2D eigenvalue weighted by Gasteiger charge is -2.16. The average Bonchev–Trinajstić information content (AvgIpc) is 2.90. The number of ether oxygens (including phenoxy) is 1. The molecule has 1 aliphatic heterocycles. The van der Waals surface area contributed by atoms with Crippen LogP contribution in [-0.2, 0) is 6.54 Å². The highest BCUT2D eigenvalue weighted by molar-refractivity contribution is 9.11. The number of benzene rings is 1. The van der Waals surface area contributed by atoms with E-state index >= 15 is 0 Å². The third kappa shape index (κ3) is 4.95. The van der Waals surface area contributed by atoms with Crippen LogP contribution in [0.1, 0.15) is 25.8 Å². The molecular weight excluding hydrogens is 396 g/mol. The molecule has 1 saturated heterocycles. The van der Waals surface area contributed by atoms with Gasteiger partial charge in [-0.25, -0.2) is 0 Å². The van der Waals surface area contributed by atoms with E-state index in [1.54, 1.807) is 0 Å². The summed E-state index contributed by atoms with van der Waals surface area (Å²) in [5.41, 5.74) is 1.20. The molecule has 1 fully saturated rings. The number of hydrogen-bond acceptors (Lipinski definition) is 3. The maximum absolute atomic E-state index is 5.76. The highest BCUT2D eigenvalue weighted by Crippen LogP contribution is 2.33. The van der Waals surface area contributed by atoms with Crippen LogP contribution >= 0.6 is 31.9 Å². The summed E-state index contributed by atoms with van der Waals surface area (Å²) in [6.45, 7) is 10.5. The minimum atomic E-state index is 0.682. The van der Waals surface area contributed by atoms with Crippen LogP contribution in [0.4, 0.5) is 0 Å². The van der Waals surface area contributed by atoms with E-state index in [4.69, 9.17) is 4.74 Å². The predicted molar refractivity (Wildman–Crippen MR) is 94.9 cm³/mol. The van der Waals surface area contributed by atoms with Crippen molar-refractivity contribution in [2.75, 3.05) is 32.8 Å². The van der Waals surface area contributed by atoms with Crippen molar-refractivity contribution in [2.45, 2.75) is 26.8 Å². The number of rotatable bonds is 7. The molecule has 0 saturated carbocycles. The van der Waals surface area contributed by atoms with Crippen molar-refractivity contribution < 1.29 is 4.74 Å². The zero-order chi connectivity index (χ0) is 15.2. The second-order valence-corrected chi connectivity index (χ2v) is 7.26. The monoisotopic (exact) mass is 418 g/mol. The molecule has 1 N–H and O–H groups in total. The number of hydrogen-bond donors (Lipinski definition) is 1. The summed E-state index contributed by atoms with van der Waals surface area (Å²) in [6, 6.07) is 4.17. The first kappa shape index (κ1) is 17.3. The van der Waals surface area contributed by atoms with Gasteiger partial charge in [-0.05, 0) is 67.0 Å². The summed E-state index contributed by atoms with van der Waals surface area (Å²) in [6.07, 6.45) is 1.31. The topological polar surface area (TPSA) is 24.5 Å². The molecule has 21 heavy (non-hydrogen) atoms. The smallest absolute Gasteiger partial charge is 0.138 e. The molecule has 5 heteroatoms. The molecule has 1 heterocycles. The molecule has 1 aromatic carbocycles. The predicted octanol–water partition coefficient (Wildman–Crippen LogP) is 4.04. The normalized spacial score (nSPS) is 19.1. The van der Waals surface area contributed by atoms with Gasteiger partial charge in [-0.1, -0.05) is 22.9 Å². The van der Waals surface area contributed by atoms with Gasteiger partial charge < -0.3 is 15.0 Å². The standard InChI is InChI=1S/C16H24Br2N2O/c1-3-20-6-5-12(11-20)9-19-10-13-7-14(17)8-15(18)16(13)21-4-2/h7-8,12,19H,3-6,9-11H2,1-2H3. The first-order valence-corrected chi connectivity index (χ1v) is 9.26. The lowest BCUT2D eigenvalue weighted by Crippen LogP contribution is -2.26. The van der Waals surface area contributed by atoms with E-state index in [0.717, 1.165) is 33.7 Å². The van der Waals surface area contributed by atoms with Crippen molar-refractivity contribution in [3.63, 3.8) is 0 Å². The van der Waals surface area contributed by atoms with Gasteiger partial charge in [-0.3, -0.25) is 0 Å². The van der Waals surface area contributed by atoms with E-state index < -0.39 is 0 Å². The molecule has 0 spiro atoms. The largest absolute Gasteiger partial charge is 0.492 e. The molecule has 3 nitrogen and oxygen atoms in total. The molecule has 0 aromatic heterocycles. The van der Waals surface area contributed by atoms with Gasteiger partial charge in [0.2, 0.25) is 0 Å². The van der Waals surface area contributed by atoms with Crippen LogP contribution in [0.25, 0.3) is 0 Å². The maximum atomic E-state index is 5.76. The van der Waals surface area contributed by atoms with E-state index in [0.29, 0.717) is 6.61 Å². The minimum Gasteiger partial charge on any atom is -0.492 e. The summed E-state index contributed by atoms with van der Waals surface area (Å²) in [7, 11) is 0. The SMILES string of the molecule is CCOc1c(Br)cc(Br)cc1CNCC1CCN(CC)C1. The van der Waals surface area contributed by atoms with E-state index in [1.807, 2.05) is 13.0 Å². The molecule has 1 aromatic rings. The van der Waals surface area contributed by atoms with Crippen LogP contribution in [0, 0.1) is 5.92 Å². The van der Waals surface area contributed by atoms with Gasteiger partial charge in [0.15, 0.2) is 0 Å². The zero-order valence-electron chi connectivity index (χ0n) is 12.8. The first-order valence-electron chi connectivity index (χ1n) is 7.67. The highest BCUT2D eigenvalue weighted by atomic mass is 79.9. The number of likely N-dealkylation sites (tertiary alicyclic amines) is 1. The summed E-state index contributed by atoms with van der Waals surface area (Å²) in [5, 5.41) is 3.59. The quantitative estimate of drug-likeness (QED) is 0.721. The van der Waals surface area contributed by atoms with Crippen molar-refractivity contribution >= 4 is 31.9 Å². The third-order valence-electron chi connectivity index (χ3n) is 3.94. The van der Waals surface area contributed by atoms with Crippen molar-refractivity contribution in [3.8, 4) is 5.75 Å². The Bertz CT molecular complexity index is 468. The Balaban J connectivity index is 1.90. The van der Waals surface area contributed by atoms with Crippen molar-refractivity contribution in [1.29, 1.82) is 0 Å². The number of nitrogens with one attached hydrogen (secondary N) is 1. The Kier molecular flexibility index (Phi) is 6.99. The molecular formula is C16H24Br2N2O. The van der Waals surface area contributed by atoms with Gasteiger partial charge in [0.05, 0.1) is 11.1 Å². The Morgan fingerprint density at radius 1 is 1.33 bits per heavy atom. The Hall–Kier alpha value is -0.100. The highest BCUT2D eigenvalue weighted by Gasteiger charge is 2.20. The fraction of sp³-hybridized carbons (Fsp3) is 0.625. The summed E-state index contributed by atoms with van der Waals surface area (Å²) in [4.78, 5) is 2.52. The molecule has 0 bridgehead atoms. The van der Waals surface area contributed by atoms with Crippen molar-refractivity contribution in [1.82, 2.24) is 10.2 Å². The van der Waals surface area contributed by atoms with Crippen molar-refractivity contribution in [3.05, 3.63) is 26.6 Å². The lowest BCUT2D eigenvalue weighted by molar-refractivity contribution is 0.330. The molecule has 2 rings (SSSR count). The van der Waals surface area contributed by atoms with E-state index in [-0.39, 0.29) is 0 Å². The first-order chi connectivity index (χ1) is 10.1. The van der Waals surface area contributed by atoms with Gasteiger partial charge in [0, 0.05) is 23.1 Å². The average molecular weight is 420 g/mol. The van der Waals surface area contributed by atoms with E-state index in [1.165, 1.54) is 31.6 Å². The van der Waals surface area contributed by atoms with Crippen LogP contribution in [-0.4, -0.2) is 37.7 Å². The molecule has 1 atom stereocenters. The second-order valence-electron chi connectivity index (χ2n) is 5.49. The zero-order valence-corrected chi connectivity index (χ0v) is 16.0. The number of nitrogens with zero attached hydrogens (tertiary/aromatic N) is 1. The summed E-state index contributed by atoms with van der Waals surface area (Å²) >= 11 is 7.14. The molecule has 118 valence electrons. The summed E-state index contributed by atoms with van der Waals surface area (Å²) in [5.74, 6) is 1.73. The van der Waals surface area contributed by atoms with E-state index in [2.05, 4.69) is 55.1 Å². The molecule has 1 unspecified atom stereocenters. The van der Waals surface area contributed by atoms with Gasteiger partial charge >= 0.3 is 0 Å². The molecule has 0 radical (unpaired) electrons. The third-order valence-corrected chi connectivity index (χ3v) is 4.99. The van der Waals surface area contributed by atoms with Crippen LogP contribution < -0.4 is 10.1 Å². The van der Waals surface area contributed by atoms with Gasteiger partial charge in [-0.2, -0.15) is 0 Å². The molecule has 1 aliphatic rings. The molecule has 0 amide bonds. The van der Waals surface area contributed by atoms with Gasteiger partial charge in [-0.15, -0.1) is 0 Å². The van der Waals surface area contributed by atoms with Crippen LogP contribution in [0.5, 0.6) is 5.75 Å². The van der Waals surface area contributed by atoms with Crippen molar-refractivity contribution in [2.24, 2.45) is 5.92 Å². The fourth-order valence-electron chi connectivity index (χ4n) is 2.83. The fourth-order valence-corrected chi connectivity index (χ4v) is 4.26. The Labute approximate surface area is 144 Å². The second kappa shape index (κ2) is 8.51. The van der Waals surface area contributed by atoms with Gasteiger partial charge in [0.25, 0.3) is 0 Å². The Morgan fingerprint density at radius 3 is 2.81 bits per heavy atom.